The highest BCUT2D eigenvalue weighted by Crippen LogP contribution is 2.27. The van der Waals surface area contributed by atoms with Gasteiger partial charge in [-0.3, -0.25) is 19.1 Å². The number of dihydropyridines is 1. The topological polar surface area (TPSA) is 73.2 Å². The first-order valence-electron chi connectivity index (χ1n) is 8.69. The van der Waals surface area contributed by atoms with E-state index in [9.17, 15) is 18.4 Å². The van der Waals surface area contributed by atoms with Crippen LogP contribution in [0.3, 0.4) is 0 Å². The minimum absolute atomic E-state index is 0.0511. The maximum Gasteiger partial charge on any atom is 0.277 e. The number of halogens is 3. The number of carbonyl (C=O) groups excluding carboxylic acids is 1. The molecule has 0 unspecified atom stereocenters. The van der Waals surface area contributed by atoms with Crippen molar-refractivity contribution in [3.8, 4) is 5.75 Å². The maximum atomic E-state index is 13.7. The molecule has 0 aromatic carbocycles. The number of rotatable bonds is 5. The Labute approximate surface area is 170 Å². The third-order valence-electron chi connectivity index (χ3n) is 4.44. The van der Waals surface area contributed by atoms with Crippen molar-refractivity contribution in [2.75, 3.05) is 0 Å². The van der Waals surface area contributed by atoms with E-state index in [1.165, 1.54) is 17.6 Å². The van der Waals surface area contributed by atoms with Crippen molar-refractivity contribution in [1.82, 2.24) is 14.9 Å². The Kier molecular flexibility index (Phi) is 5.83. The van der Waals surface area contributed by atoms with Gasteiger partial charge in [0.1, 0.15) is 34.9 Å². The van der Waals surface area contributed by atoms with E-state index in [2.05, 4.69) is 10.3 Å². The molecule has 0 spiro atoms. The standard InChI is InChI=1S/C20H18ClF2N3O3/c1-10-7-24-15(12(3)27)6-17(10)26-11(2)4-18(19(21)20(26)28)29-9-16-14(23)5-13(22)8-25-16/h4-8,15,24H,9H2,1-3H3/t15-/m1/s1. The Balaban J connectivity index is 1.95. The lowest BCUT2D eigenvalue weighted by atomic mass is 10.0. The number of pyridine rings is 2. The van der Waals surface area contributed by atoms with Gasteiger partial charge in [0.15, 0.2) is 11.6 Å². The molecule has 0 saturated heterocycles. The summed E-state index contributed by atoms with van der Waals surface area (Å²) in [4.78, 5) is 28.2. The molecule has 1 atom stereocenters. The largest absolute Gasteiger partial charge is 0.485 e. The Morgan fingerprint density at radius 1 is 1.34 bits per heavy atom. The number of ketones is 1. The lowest BCUT2D eigenvalue weighted by Gasteiger charge is -2.23. The van der Waals surface area contributed by atoms with Crippen LogP contribution < -0.4 is 15.6 Å². The third-order valence-corrected chi connectivity index (χ3v) is 4.78. The molecule has 1 aliphatic rings. The van der Waals surface area contributed by atoms with Crippen LogP contribution in [-0.4, -0.2) is 21.4 Å². The summed E-state index contributed by atoms with van der Waals surface area (Å²) in [7, 11) is 0. The van der Waals surface area contributed by atoms with Crippen LogP contribution in [0, 0.1) is 18.6 Å². The van der Waals surface area contributed by atoms with E-state index >= 15 is 0 Å². The van der Waals surface area contributed by atoms with Gasteiger partial charge in [0.05, 0.1) is 11.9 Å². The second-order valence-electron chi connectivity index (χ2n) is 6.61. The number of hydrogen-bond acceptors (Lipinski definition) is 5. The van der Waals surface area contributed by atoms with Gasteiger partial charge in [-0.05, 0) is 32.4 Å². The summed E-state index contributed by atoms with van der Waals surface area (Å²) in [5.74, 6) is -1.71. The molecule has 0 saturated carbocycles. The van der Waals surface area contributed by atoms with Gasteiger partial charge >= 0.3 is 0 Å². The Hall–Kier alpha value is -3.00. The second kappa shape index (κ2) is 8.16. The second-order valence-corrected chi connectivity index (χ2v) is 6.99. The van der Waals surface area contributed by atoms with Crippen LogP contribution in [0.1, 0.15) is 25.2 Å². The van der Waals surface area contributed by atoms with Gasteiger partial charge < -0.3 is 10.1 Å². The Bertz CT molecular complexity index is 1110. The van der Waals surface area contributed by atoms with Gasteiger partial charge in [0.2, 0.25) is 0 Å². The predicted octanol–water partition coefficient (Wildman–Crippen LogP) is 3.37. The molecule has 0 bridgehead atoms. The lowest BCUT2D eigenvalue weighted by molar-refractivity contribution is -0.117. The van der Waals surface area contributed by atoms with Crippen LogP contribution in [0.5, 0.6) is 5.75 Å². The normalized spacial score (nSPS) is 16.0. The molecule has 3 rings (SSSR count). The number of nitrogens with one attached hydrogen (secondary N) is 1. The third kappa shape index (κ3) is 4.22. The van der Waals surface area contributed by atoms with Crippen LogP contribution in [0.2, 0.25) is 5.02 Å². The van der Waals surface area contributed by atoms with E-state index in [1.54, 1.807) is 26.1 Å². The van der Waals surface area contributed by atoms with Crippen molar-refractivity contribution in [2.45, 2.75) is 33.4 Å². The van der Waals surface area contributed by atoms with E-state index in [1.807, 2.05) is 0 Å². The zero-order chi connectivity index (χ0) is 21.3. The predicted molar refractivity (Wildman–Crippen MR) is 105 cm³/mol. The van der Waals surface area contributed by atoms with Crippen LogP contribution in [0.15, 0.2) is 41.0 Å². The molecule has 9 heteroatoms. The number of hydrogen-bond donors (Lipinski definition) is 1. The monoisotopic (exact) mass is 421 g/mol. The van der Waals surface area contributed by atoms with E-state index in [4.69, 9.17) is 16.3 Å². The molecule has 0 amide bonds. The smallest absolute Gasteiger partial charge is 0.277 e. The number of aromatic nitrogens is 2. The summed E-state index contributed by atoms with van der Waals surface area (Å²) in [5.41, 5.74) is 1.12. The number of nitrogens with zero attached hydrogens (tertiary/aromatic N) is 2. The van der Waals surface area contributed by atoms with Crippen molar-refractivity contribution in [3.05, 3.63) is 74.6 Å². The van der Waals surface area contributed by atoms with E-state index in [0.29, 0.717) is 17.5 Å². The Morgan fingerprint density at radius 3 is 2.72 bits per heavy atom. The highest BCUT2D eigenvalue weighted by Gasteiger charge is 2.22. The molecule has 29 heavy (non-hydrogen) atoms. The number of Topliss-reactive ketones (excluding diaryl/α,β-unsaturated/α-hetero) is 1. The molecule has 1 N–H and O–H groups in total. The molecule has 152 valence electrons. The van der Waals surface area contributed by atoms with E-state index in [-0.39, 0.29) is 28.9 Å². The fraction of sp³-hybridized carbons (Fsp3) is 0.250. The summed E-state index contributed by atoms with van der Waals surface area (Å²) in [5, 5.41) is 2.75. The summed E-state index contributed by atoms with van der Waals surface area (Å²) >= 11 is 6.21. The van der Waals surface area contributed by atoms with Crippen LogP contribution in [0.25, 0.3) is 5.70 Å². The average molecular weight is 422 g/mol. The highest BCUT2D eigenvalue weighted by atomic mass is 35.5. The minimum Gasteiger partial charge on any atom is -0.485 e. The average Bonchev–Trinajstić information content (AvgIpc) is 2.66. The first kappa shape index (κ1) is 20.7. The molecule has 2 aromatic heterocycles. The van der Waals surface area contributed by atoms with Crippen LogP contribution in [-0.2, 0) is 11.4 Å². The number of allylic oxidation sites excluding steroid dienone is 2. The quantitative estimate of drug-likeness (QED) is 0.801. The van der Waals surface area contributed by atoms with Gasteiger partial charge in [0, 0.05) is 24.0 Å². The first-order chi connectivity index (χ1) is 13.7. The zero-order valence-electron chi connectivity index (χ0n) is 15.9. The van der Waals surface area contributed by atoms with Crippen LogP contribution >= 0.6 is 11.6 Å². The zero-order valence-corrected chi connectivity index (χ0v) is 16.7. The van der Waals surface area contributed by atoms with Crippen molar-refractivity contribution in [1.29, 1.82) is 0 Å². The van der Waals surface area contributed by atoms with Gasteiger partial charge in [-0.15, -0.1) is 0 Å². The molecular weight excluding hydrogens is 404 g/mol. The maximum absolute atomic E-state index is 13.7. The summed E-state index contributed by atoms with van der Waals surface area (Å²) in [6, 6.07) is 1.67. The Morgan fingerprint density at radius 2 is 2.07 bits per heavy atom. The molecule has 3 heterocycles. The fourth-order valence-corrected chi connectivity index (χ4v) is 3.09. The molecular formula is C20H18ClF2N3O3. The van der Waals surface area contributed by atoms with E-state index in [0.717, 1.165) is 11.8 Å². The lowest BCUT2D eigenvalue weighted by Crippen LogP contribution is -2.35. The first-order valence-corrected chi connectivity index (χ1v) is 9.07. The molecule has 1 aliphatic heterocycles. The summed E-state index contributed by atoms with van der Waals surface area (Å²) in [6.07, 6.45) is 4.19. The van der Waals surface area contributed by atoms with Gasteiger partial charge in [-0.2, -0.15) is 0 Å². The SMILES string of the molecule is CC(=O)[C@H]1C=C(n2c(C)cc(OCc3ncc(F)cc3F)c(Cl)c2=O)C(C)=CN1. The fourth-order valence-electron chi connectivity index (χ4n) is 2.89. The minimum atomic E-state index is -0.859. The summed E-state index contributed by atoms with van der Waals surface area (Å²) in [6.45, 7) is 4.59. The molecule has 0 radical (unpaired) electrons. The number of carbonyl (C=O) groups is 1. The molecule has 0 fully saturated rings. The molecule has 2 aromatic rings. The van der Waals surface area contributed by atoms with Gasteiger partial charge in [0.25, 0.3) is 5.56 Å². The molecule has 0 aliphatic carbocycles. The van der Waals surface area contributed by atoms with Crippen LogP contribution in [0.4, 0.5) is 8.78 Å². The molecule has 6 nitrogen and oxygen atoms in total. The van der Waals surface area contributed by atoms with Crippen molar-refractivity contribution in [2.24, 2.45) is 0 Å². The van der Waals surface area contributed by atoms with Crippen molar-refractivity contribution >= 4 is 23.1 Å². The van der Waals surface area contributed by atoms with Gasteiger partial charge in [-0.25, -0.2) is 8.78 Å². The van der Waals surface area contributed by atoms with E-state index < -0.39 is 23.2 Å². The van der Waals surface area contributed by atoms with Gasteiger partial charge in [-0.1, -0.05) is 11.6 Å². The van der Waals surface area contributed by atoms with Crippen molar-refractivity contribution < 1.29 is 18.3 Å². The van der Waals surface area contributed by atoms with Crippen molar-refractivity contribution in [3.63, 3.8) is 0 Å². The summed E-state index contributed by atoms with van der Waals surface area (Å²) < 4.78 is 33.5. The highest BCUT2D eigenvalue weighted by molar-refractivity contribution is 6.31. The number of aryl methyl sites for hydroxylation is 1. The number of ether oxygens (including phenoxy) is 1.